The van der Waals surface area contributed by atoms with Gasteiger partial charge in [0.25, 0.3) is 0 Å². The maximum absolute atomic E-state index is 3.59. The molecule has 0 radical (unpaired) electrons. The van der Waals surface area contributed by atoms with Crippen LogP contribution < -0.4 is 15.1 Å². The summed E-state index contributed by atoms with van der Waals surface area (Å²) in [7, 11) is 0. The van der Waals surface area contributed by atoms with Crippen molar-refractivity contribution in [3.8, 4) is 0 Å². The summed E-state index contributed by atoms with van der Waals surface area (Å²) < 4.78 is 0. The Morgan fingerprint density at radius 2 is 1.49 bits per heavy atom. The summed E-state index contributed by atoms with van der Waals surface area (Å²) in [5.74, 6) is 2.14. The Balaban J connectivity index is 0.000000142. The lowest BCUT2D eigenvalue weighted by molar-refractivity contribution is 0.248. The highest BCUT2D eigenvalue weighted by atomic mass is 15.3. The van der Waals surface area contributed by atoms with E-state index in [0.29, 0.717) is 11.8 Å². The smallest absolute Gasteiger partial charge is 0.0430 e. The predicted molar refractivity (Wildman–Crippen MR) is 167 cm³/mol. The van der Waals surface area contributed by atoms with Gasteiger partial charge in [-0.2, -0.15) is 0 Å². The highest BCUT2D eigenvalue weighted by molar-refractivity contribution is 5.56. The fraction of sp³-hybridized carbons (Fsp3) is 0.657. The Hall–Kier alpha value is -2.04. The highest BCUT2D eigenvalue weighted by Crippen LogP contribution is 2.45. The van der Waals surface area contributed by atoms with Crippen LogP contribution in [0.4, 0.5) is 11.4 Å². The van der Waals surface area contributed by atoms with Crippen LogP contribution in [0.25, 0.3) is 0 Å². The van der Waals surface area contributed by atoms with E-state index in [0.717, 1.165) is 30.5 Å². The van der Waals surface area contributed by atoms with Crippen molar-refractivity contribution in [3.63, 3.8) is 0 Å². The minimum absolute atomic E-state index is 0.630. The first-order valence-electron chi connectivity index (χ1n) is 16.2. The third kappa shape index (κ3) is 6.03. The van der Waals surface area contributed by atoms with Gasteiger partial charge in [-0.15, -0.1) is 0 Å². The molecule has 3 heterocycles. The van der Waals surface area contributed by atoms with Crippen molar-refractivity contribution in [1.82, 2.24) is 10.2 Å². The summed E-state index contributed by atoms with van der Waals surface area (Å²) in [6.07, 6.45) is 8.15. The van der Waals surface area contributed by atoms with E-state index < -0.39 is 0 Å². The second-order valence-corrected chi connectivity index (χ2v) is 13.5. The second kappa shape index (κ2) is 11.4. The van der Waals surface area contributed by atoms with Gasteiger partial charge in [0.05, 0.1) is 0 Å². The Bertz CT molecular complexity index is 1120. The van der Waals surface area contributed by atoms with Crippen molar-refractivity contribution in [1.29, 1.82) is 0 Å². The molecule has 2 aromatic carbocycles. The van der Waals surface area contributed by atoms with Crippen LogP contribution in [0.1, 0.15) is 107 Å². The van der Waals surface area contributed by atoms with Crippen LogP contribution in [-0.4, -0.2) is 62.3 Å². The predicted octanol–water partition coefficient (Wildman–Crippen LogP) is 6.89. The summed E-state index contributed by atoms with van der Waals surface area (Å²) in [5, 5.41) is 3.59. The van der Waals surface area contributed by atoms with Gasteiger partial charge in [0.2, 0.25) is 0 Å². The van der Waals surface area contributed by atoms with Crippen LogP contribution in [0.3, 0.4) is 0 Å². The molecule has 212 valence electrons. The maximum Gasteiger partial charge on any atom is 0.0430 e. The zero-order chi connectivity index (χ0) is 27.1. The monoisotopic (exact) mass is 528 g/mol. The molecule has 2 unspecified atom stereocenters. The van der Waals surface area contributed by atoms with Gasteiger partial charge >= 0.3 is 0 Å². The summed E-state index contributed by atoms with van der Waals surface area (Å²) in [4.78, 5) is 7.89. The topological polar surface area (TPSA) is 21.8 Å². The van der Waals surface area contributed by atoms with Crippen LogP contribution in [0.5, 0.6) is 0 Å². The molecular weight excluding hydrogens is 476 g/mol. The van der Waals surface area contributed by atoms with Crippen LogP contribution in [0, 0.1) is 0 Å². The number of hydrogen-bond donors (Lipinski definition) is 1. The van der Waals surface area contributed by atoms with E-state index >= 15 is 0 Å². The number of anilines is 2. The average molecular weight is 529 g/mol. The molecule has 5 fully saturated rings. The maximum atomic E-state index is 3.59. The number of aryl methyl sites for hydroxylation is 1. The number of nitrogens with one attached hydrogen (secondary N) is 1. The molecule has 3 aliphatic heterocycles. The largest absolute Gasteiger partial charge is 0.369 e. The molecule has 39 heavy (non-hydrogen) atoms. The zero-order valence-electron chi connectivity index (χ0n) is 25.3. The van der Waals surface area contributed by atoms with Gasteiger partial charge in [-0.1, -0.05) is 46.8 Å². The molecule has 1 N–H and O–H groups in total. The lowest BCUT2D eigenvalue weighted by Gasteiger charge is -2.36. The van der Waals surface area contributed by atoms with Crippen LogP contribution in [-0.2, 0) is 6.42 Å². The van der Waals surface area contributed by atoms with Gasteiger partial charge in [-0.05, 0) is 103 Å². The van der Waals surface area contributed by atoms with Crippen LogP contribution in [0.2, 0.25) is 0 Å². The molecular formula is C35H52N4. The standard InChI is InChI=1S/C18H28N2.C17H24N2/c1-4-15-13-17(7-8-18(15)14(2)3)20-11-9-19(10-12-20)16-5-6-16;1-11(2)16-6-5-14(8-17(16)12-3-4-12)19-10-13-7-15(19)9-18-13/h7-8,13-14,16H,4-6,9-12H2,1-3H3;5-6,8,11-13,15,18H,3-4,7,9-10H2,1-2H3. The lowest BCUT2D eigenvalue weighted by atomic mass is 9.93. The van der Waals surface area contributed by atoms with Gasteiger partial charge in [-0.25, -0.2) is 0 Å². The fourth-order valence-electron chi connectivity index (χ4n) is 7.33. The molecule has 3 saturated heterocycles. The van der Waals surface area contributed by atoms with E-state index in [-0.39, 0.29) is 0 Å². The van der Waals surface area contributed by atoms with Crippen molar-refractivity contribution >= 4 is 11.4 Å². The molecule has 4 heteroatoms. The van der Waals surface area contributed by atoms with E-state index in [1.165, 1.54) is 93.9 Å². The molecule has 2 atom stereocenters. The molecule has 0 spiro atoms. The summed E-state index contributed by atoms with van der Waals surface area (Å²) in [6.45, 7) is 18.8. The quantitative estimate of drug-likeness (QED) is 0.422. The van der Waals surface area contributed by atoms with Crippen molar-refractivity contribution in [2.24, 2.45) is 0 Å². The highest BCUT2D eigenvalue weighted by Gasteiger charge is 2.38. The van der Waals surface area contributed by atoms with Gasteiger partial charge in [0, 0.05) is 68.8 Å². The normalized spacial score (nSPS) is 25.0. The Morgan fingerprint density at radius 3 is 2.05 bits per heavy atom. The number of nitrogens with zero attached hydrogens (tertiary/aromatic N) is 3. The first kappa shape index (κ1) is 27.1. The van der Waals surface area contributed by atoms with Gasteiger partial charge in [0.1, 0.15) is 0 Å². The minimum atomic E-state index is 0.630. The molecule has 5 aliphatic rings. The van der Waals surface area contributed by atoms with Gasteiger partial charge < -0.3 is 15.1 Å². The minimum Gasteiger partial charge on any atom is -0.369 e. The van der Waals surface area contributed by atoms with Gasteiger partial charge in [0.15, 0.2) is 0 Å². The Morgan fingerprint density at radius 1 is 0.795 bits per heavy atom. The van der Waals surface area contributed by atoms with E-state index in [4.69, 9.17) is 0 Å². The van der Waals surface area contributed by atoms with E-state index in [1.54, 1.807) is 11.1 Å². The molecule has 7 rings (SSSR count). The molecule has 0 amide bonds. The fourth-order valence-corrected chi connectivity index (χ4v) is 7.33. The molecule has 4 nitrogen and oxygen atoms in total. The summed E-state index contributed by atoms with van der Waals surface area (Å²) >= 11 is 0. The molecule has 0 aromatic heterocycles. The summed E-state index contributed by atoms with van der Waals surface area (Å²) in [5.41, 5.74) is 9.17. The number of fused-ring (bicyclic) bond motifs is 2. The SMILES string of the molecule is CC(C)c1ccc(N2CC3CC2CN3)cc1C1CC1.CCc1cc(N2CCN(C3CC3)CC2)ccc1C(C)C. The van der Waals surface area contributed by atoms with E-state index in [9.17, 15) is 0 Å². The third-order valence-corrected chi connectivity index (χ3v) is 9.97. The zero-order valence-corrected chi connectivity index (χ0v) is 25.3. The van der Waals surface area contributed by atoms with Crippen LogP contribution in [0.15, 0.2) is 36.4 Å². The first-order chi connectivity index (χ1) is 18.9. The number of benzene rings is 2. The van der Waals surface area contributed by atoms with Gasteiger partial charge in [-0.3, -0.25) is 4.90 Å². The van der Waals surface area contributed by atoms with E-state index in [1.807, 2.05) is 0 Å². The lowest BCUT2D eigenvalue weighted by Crippen LogP contribution is -2.47. The summed E-state index contributed by atoms with van der Waals surface area (Å²) in [6, 6.07) is 16.8. The van der Waals surface area contributed by atoms with Crippen molar-refractivity contribution in [2.45, 2.75) is 109 Å². The number of hydrogen-bond acceptors (Lipinski definition) is 4. The molecule has 2 aliphatic carbocycles. The van der Waals surface area contributed by atoms with Crippen LogP contribution >= 0.6 is 0 Å². The number of piperazine rings is 2. The van der Waals surface area contributed by atoms with Crippen molar-refractivity contribution in [2.75, 3.05) is 49.1 Å². The van der Waals surface area contributed by atoms with E-state index in [2.05, 4.69) is 91.0 Å². The average Bonchev–Trinajstić information content (AvgIpc) is 3.90. The number of rotatable bonds is 7. The van der Waals surface area contributed by atoms with Crippen molar-refractivity contribution in [3.05, 3.63) is 58.7 Å². The molecule has 2 saturated carbocycles. The molecule has 2 aromatic rings. The first-order valence-corrected chi connectivity index (χ1v) is 16.2. The Labute approximate surface area is 238 Å². The molecule has 2 bridgehead atoms. The third-order valence-electron chi connectivity index (χ3n) is 9.97. The van der Waals surface area contributed by atoms with Crippen molar-refractivity contribution < 1.29 is 0 Å². The Kier molecular flexibility index (Phi) is 7.97. The second-order valence-electron chi connectivity index (χ2n) is 13.5.